The maximum Gasteiger partial charge on any atom is 0.345 e. The van der Waals surface area contributed by atoms with E-state index in [1.807, 2.05) is 60.7 Å². The van der Waals surface area contributed by atoms with Crippen LogP contribution in [0.1, 0.15) is 23.0 Å². The van der Waals surface area contributed by atoms with Gasteiger partial charge in [-0.25, -0.2) is 9.80 Å². The van der Waals surface area contributed by atoms with E-state index < -0.39 is 5.97 Å². The van der Waals surface area contributed by atoms with Crippen LogP contribution in [0.2, 0.25) is 10.0 Å². The molecule has 1 aromatic heterocycles. The topological polar surface area (TPSA) is 67.1 Å². The van der Waals surface area contributed by atoms with Crippen molar-refractivity contribution < 1.29 is 13.9 Å². The van der Waals surface area contributed by atoms with Gasteiger partial charge in [0.05, 0.1) is 24.2 Å². The van der Waals surface area contributed by atoms with Crippen LogP contribution in [0.15, 0.2) is 94.4 Å². The lowest BCUT2D eigenvalue weighted by atomic mass is 10.2. The van der Waals surface area contributed by atoms with E-state index in [-0.39, 0.29) is 28.8 Å². The Morgan fingerprint density at radius 2 is 1.56 bits per heavy atom. The molecule has 0 bridgehead atoms. The van der Waals surface area contributed by atoms with Crippen molar-refractivity contribution in [1.29, 1.82) is 0 Å². The Hall–Kier alpha value is -3.74. The Balaban J connectivity index is 1.72. The minimum absolute atomic E-state index is 0.0888. The maximum atomic E-state index is 12.6. The highest BCUT2D eigenvalue weighted by Gasteiger charge is 2.26. The average molecular weight is 494 g/mol. The molecule has 3 aromatic carbocycles. The lowest BCUT2D eigenvalue weighted by Gasteiger charge is -2.18. The second kappa shape index (κ2) is 10.9. The van der Waals surface area contributed by atoms with E-state index in [1.165, 1.54) is 6.21 Å². The first kappa shape index (κ1) is 23.4. The minimum atomic E-state index is -0.602. The third kappa shape index (κ3) is 5.42. The predicted molar refractivity (Wildman–Crippen MR) is 137 cm³/mol. The van der Waals surface area contributed by atoms with Crippen LogP contribution >= 0.6 is 23.2 Å². The highest BCUT2D eigenvalue weighted by atomic mass is 35.5. The molecule has 8 heteroatoms. The number of ether oxygens (including phenoxy) is 1. The second-order valence-corrected chi connectivity index (χ2v) is 7.88. The molecule has 34 heavy (non-hydrogen) atoms. The van der Waals surface area contributed by atoms with Crippen molar-refractivity contribution in [1.82, 2.24) is 0 Å². The van der Waals surface area contributed by atoms with Gasteiger partial charge in [0, 0.05) is 10.7 Å². The molecule has 0 amide bonds. The number of anilines is 4. The van der Waals surface area contributed by atoms with Crippen LogP contribution in [0.3, 0.4) is 0 Å². The first-order valence-electron chi connectivity index (χ1n) is 10.5. The van der Waals surface area contributed by atoms with Crippen molar-refractivity contribution in [2.75, 3.05) is 16.9 Å². The monoisotopic (exact) mass is 493 g/mol. The van der Waals surface area contributed by atoms with Crippen LogP contribution in [0.4, 0.5) is 22.9 Å². The first-order chi connectivity index (χ1) is 16.6. The third-order valence-electron chi connectivity index (χ3n) is 4.75. The molecule has 0 radical (unpaired) electrons. The molecule has 0 aliphatic rings. The standard InChI is InChI=1S/C26H21Cl2N3O3/c1-2-33-26(32)23-24(28)22(34-25(23)30-19-15-13-18(27)14-16-19)17-29-31(20-9-5-3-6-10-20)21-11-7-4-8-12-21/h3-17,30H,2H2,1H3/b29-17-. The molecule has 4 rings (SSSR count). The van der Waals surface area contributed by atoms with E-state index in [4.69, 9.17) is 32.4 Å². The van der Waals surface area contributed by atoms with Gasteiger partial charge >= 0.3 is 5.97 Å². The number of rotatable bonds is 8. The van der Waals surface area contributed by atoms with E-state index in [1.54, 1.807) is 36.2 Å². The van der Waals surface area contributed by atoms with Gasteiger partial charge in [0.2, 0.25) is 5.88 Å². The summed E-state index contributed by atoms with van der Waals surface area (Å²) in [6, 6.07) is 26.3. The molecule has 0 aliphatic carbocycles. The van der Waals surface area contributed by atoms with E-state index in [2.05, 4.69) is 10.4 Å². The summed E-state index contributed by atoms with van der Waals surface area (Å²) in [5.74, 6) is -0.244. The van der Waals surface area contributed by atoms with Crippen molar-refractivity contribution in [3.63, 3.8) is 0 Å². The summed E-state index contributed by atoms with van der Waals surface area (Å²) in [6.45, 7) is 1.91. The number of para-hydroxylation sites is 2. The maximum absolute atomic E-state index is 12.6. The van der Waals surface area contributed by atoms with Gasteiger partial charge in [0.1, 0.15) is 10.6 Å². The summed E-state index contributed by atoms with van der Waals surface area (Å²) in [7, 11) is 0. The van der Waals surface area contributed by atoms with Crippen LogP contribution in [0, 0.1) is 0 Å². The predicted octanol–water partition coefficient (Wildman–Crippen LogP) is 7.68. The van der Waals surface area contributed by atoms with Crippen LogP contribution in [0.25, 0.3) is 0 Å². The number of halogens is 2. The number of nitrogens with zero attached hydrogens (tertiary/aromatic N) is 2. The zero-order chi connectivity index (χ0) is 23.9. The molecule has 0 unspecified atom stereocenters. The summed E-state index contributed by atoms with van der Waals surface area (Å²) < 4.78 is 11.1. The van der Waals surface area contributed by atoms with Gasteiger partial charge in [-0.3, -0.25) is 0 Å². The zero-order valence-electron chi connectivity index (χ0n) is 18.2. The minimum Gasteiger partial charge on any atom is -0.462 e. The summed E-state index contributed by atoms with van der Waals surface area (Å²) in [5, 5.41) is 10.1. The molecular formula is C26H21Cl2N3O3. The lowest BCUT2D eigenvalue weighted by molar-refractivity contribution is 0.0527. The zero-order valence-corrected chi connectivity index (χ0v) is 19.8. The van der Waals surface area contributed by atoms with E-state index >= 15 is 0 Å². The van der Waals surface area contributed by atoms with Crippen molar-refractivity contribution in [2.24, 2.45) is 5.10 Å². The van der Waals surface area contributed by atoms with Crippen molar-refractivity contribution in [3.05, 3.63) is 106 Å². The second-order valence-electron chi connectivity index (χ2n) is 7.06. The molecule has 0 saturated carbocycles. The molecule has 0 atom stereocenters. The van der Waals surface area contributed by atoms with Gasteiger partial charge in [0.25, 0.3) is 0 Å². The number of hydrazone groups is 1. The number of esters is 1. The molecular weight excluding hydrogens is 473 g/mol. The molecule has 4 aromatic rings. The smallest absolute Gasteiger partial charge is 0.345 e. The number of hydrogen-bond acceptors (Lipinski definition) is 6. The fourth-order valence-corrected chi connectivity index (χ4v) is 3.56. The Labute approximate surface area is 207 Å². The van der Waals surface area contributed by atoms with E-state index in [0.717, 1.165) is 11.4 Å². The Bertz CT molecular complexity index is 1230. The summed E-state index contributed by atoms with van der Waals surface area (Å²) in [4.78, 5) is 12.6. The number of carbonyl (C=O) groups is 1. The molecule has 0 saturated heterocycles. The molecule has 6 nitrogen and oxygen atoms in total. The summed E-state index contributed by atoms with van der Waals surface area (Å²) >= 11 is 12.5. The van der Waals surface area contributed by atoms with Crippen LogP contribution in [0.5, 0.6) is 0 Å². The van der Waals surface area contributed by atoms with Crippen molar-refractivity contribution >= 4 is 58.3 Å². The highest BCUT2D eigenvalue weighted by molar-refractivity contribution is 6.36. The van der Waals surface area contributed by atoms with E-state index in [9.17, 15) is 4.79 Å². The molecule has 0 spiro atoms. The quantitative estimate of drug-likeness (QED) is 0.155. The Morgan fingerprint density at radius 3 is 2.12 bits per heavy atom. The summed E-state index contributed by atoms with van der Waals surface area (Å²) in [5.41, 5.74) is 2.44. The van der Waals surface area contributed by atoms with Crippen LogP contribution < -0.4 is 10.3 Å². The summed E-state index contributed by atoms with van der Waals surface area (Å²) in [6.07, 6.45) is 1.47. The molecule has 172 valence electrons. The molecule has 0 aliphatic heterocycles. The molecule has 1 N–H and O–H groups in total. The number of nitrogens with one attached hydrogen (secondary N) is 1. The largest absolute Gasteiger partial charge is 0.462 e. The van der Waals surface area contributed by atoms with E-state index in [0.29, 0.717) is 10.7 Å². The van der Waals surface area contributed by atoms with Gasteiger partial charge in [-0.05, 0) is 55.5 Å². The van der Waals surface area contributed by atoms with Gasteiger partial charge < -0.3 is 14.5 Å². The van der Waals surface area contributed by atoms with Crippen molar-refractivity contribution in [2.45, 2.75) is 6.92 Å². The SMILES string of the molecule is CCOC(=O)c1c(Nc2ccc(Cl)cc2)oc(/C=N\N(c2ccccc2)c2ccccc2)c1Cl. The van der Waals surface area contributed by atoms with Crippen LogP contribution in [-0.4, -0.2) is 18.8 Å². The number of furan rings is 1. The third-order valence-corrected chi connectivity index (χ3v) is 5.38. The van der Waals surface area contributed by atoms with Gasteiger partial charge in [-0.2, -0.15) is 5.10 Å². The highest BCUT2D eigenvalue weighted by Crippen LogP contribution is 2.34. The van der Waals surface area contributed by atoms with Gasteiger partial charge in [-0.15, -0.1) is 0 Å². The number of hydrogen-bond donors (Lipinski definition) is 1. The fourth-order valence-electron chi connectivity index (χ4n) is 3.18. The van der Waals surface area contributed by atoms with Gasteiger partial charge in [-0.1, -0.05) is 59.6 Å². The van der Waals surface area contributed by atoms with Gasteiger partial charge in [0.15, 0.2) is 5.76 Å². The normalized spacial score (nSPS) is 10.9. The van der Waals surface area contributed by atoms with Crippen molar-refractivity contribution in [3.8, 4) is 0 Å². The van der Waals surface area contributed by atoms with Crippen LogP contribution in [-0.2, 0) is 4.74 Å². The molecule has 0 fully saturated rings. The number of carbonyl (C=O) groups excluding carboxylic acids is 1. The first-order valence-corrected chi connectivity index (χ1v) is 11.3. The average Bonchev–Trinajstić information content (AvgIpc) is 3.17. The number of benzene rings is 3. The Kier molecular flexibility index (Phi) is 7.52. The fraction of sp³-hybridized carbons (Fsp3) is 0.0769. The molecule has 1 heterocycles. The lowest BCUT2D eigenvalue weighted by Crippen LogP contribution is -2.09. The Morgan fingerprint density at radius 1 is 0.971 bits per heavy atom.